The number of carbonyl (C=O) groups excluding carboxylic acids is 2. The van der Waals surface area contributed by atoms with E-state index in [1.165, 1.54) is 0 Å². The van der Waals surface area contributed by atoms with Crippen molar-refractivity contribution in [3.63, 3.8) is 0 Å². The molecule has 0 unspecified atom stereocenters. The van der Waals surface area contributed by atoms with Gasteiger partial charge in [0.1, 0.15) is 0 Å². The van der Waals surface area contributed by atoms with Crippen LogP contribution in [0.5, 0.6) is 0 Å². The number of hydrogen-bond acceptors (Lipinski definition) is 4. The van der Waals surface area contributed by atoms with Gasteiger partial charge in [0.05, 0.1) is 13.2 Å². The van der Waals surface area contributed by atoms with Crippen LogP contribution in [-0.4, -0.2) is 25.2 Å². The molecule has 0 fully saturated rings. The summed E-state index contributed by atoms with van der Waals surface area (Å²) >= 11 is 0. The average Bonchev–Trinajstić information content (AvgIpc) is 2.30. The SMILES string of the molecule is CCOC(=O)C1=C2C=CC2=C(C(=O)OCC)CC1. The molecule has 4 nitrogen and oxygen atoms in total. The maximum atomic E-state index is 11.7. The smallest absolute Gasteiger partial charge is 0.334 e. The largest absolute Gasteiger partial charge is 0.463 e. The zero-order chi connectivity index (χ0) is 13.1. The molecular formula is C14H16O4. The van der Waals surface area contributed by atoms with E-state index in [-0.39, 0.29) is 11.9 Å². The van der Waals surface area contributed by atoms with E-state index in [2.05, 4.69) is 0 Å². The van der Waals surface area contributed by atoms with Gasteiger partial charge in [0.2, 0.25) is 0 Å². The Morgan fingerprint density at radius 1 is 0.944 bits per heavy atom. The van der Waals surface area contributed by atoms with E-state index in [0.717, 1.165) is 11.1 Å². The predicted octanol–water partition coefficient (Wildman–Crippen LogP) is 2.07. The molecule has 0 saturated carbocycles. The number of allylic oxidation sites excluding steroid dienone is 4. The highest BCUT2D eigenvalue weighted by Gasteiger charge is 2.30. The Bertz CT molecular complexity index is 436. The molecule has 2 rings (SSSR count). The summed E-state index contributed by atoms with van der Waals surface area (Å²) in [6.07, 6.45) is 4.77. The van der Waals surface area contributed by atoms with Gasteiger partial charge in [-0.15, -0.1) is 0 Å². The minimum absolute atomic E-state index is 0.280. The van der Waals surface area contributed by atoms with Gasteiger partial charge in [0.25, 0.3) is 0 Å². The van der Waals surface area contributed by atoms with Crippen LogP contribution in [0.15, 0.2) is 34.4 Å². The molecule has 0 atom stereocenters. The van der Waals surface area contributed by atoms with Crippen LogP contribution in [0.1, 0.15) is 26.7 Å². The minimum Gasteiger partial charge on any atom is -0.463 e. The molecular weight excluding hydrogens is 232 g/mol. The Morgan fingerprint density at radius 2 is 1.33 bits per heavy atom. The number of esters is 2. The van der Waals surface area contributed by atoms with Crippen LogP contribution in [0.4, 0.5) is 0 Å². The summed E-state index contributed by atoms with van der Waals surface area (Å²) in [7, 11) is 0. The zero-order valence-electron chi connectivity index (χ0n) is 10.6. The van der Waals surface area contributed by atoms with Crippen LogP contribution >= 0.6 is 0 Å². The summed E-state index contributed by atoms with van der Waals surface area (Å²) in [4.78, 5) is 23.5. The standard InChI is InChI=1S/C14H16O4/c1-3-17-13(15)11-7-8-12(14(16)18-4-2)10-6-5-9(10)11/h5-6H,3-4,7-8H2,1-2H3. The van der Waals surface area contributed by atoms with Gasteiger partial charge in [0.15, 0.2) is 0 Å². The number of fused-ring (bicyclic) bond motifs is 1. The molecule has 0 bridgehead atoms. The number of hydrogen-bond donors (Lipinski definition) is 0. The minimum atomic E-state index is -0.280. The van der Waals surface area contributed by atoms with Crippen molar-refractivity contribution in [1.29, 1.82) is 0 Å². The lowest BCUT2D eigenvalue weighted by atomic mass is 9.79. The van der Waals surface area contributed by atoms with Gasteiger partial charge >= 0.3 is 11.9 Å². The molecule has 0 amide bonds. The first-order chi connectivity index (χ1) is 8.69. The van der Waals surface area contributed by atoms with Crippen molar-refractivity contribution >= 4 is 11.9 Å². The molecule has 18 heavy (non-hydrogen) atoms. The summed E-state index contributed by atoms with van der Waals surface area (Å²) in [6.45, 7) is 4.29. The second kappa shape index (κ2) is 5.21. The molecule has 0 aromatic heterocycles. The second-order valence-corrected chi connectivity index (χ2v) is 4.06. The highest BCUT2D eigenvalue weighted by Crippen LogP contribution is 2.38. The fourth-order valence-electron chi connectivity index (χ4n) is 2.16. The van der Waals surface area contributed by atoms with E-state index in [4.69, 9.17) is 9.47 Å². The third-order valence-corrected chi connectivity index (χ3v) is 3.03. The van der Waals surface area contributed by atoms with Gasteiger partial charge < -0.3 is 9.47 Å². The lowest BCUT2D eigenvalue weighted by Crippen LogP contribution is -2.21. The van der Waals surface area contributed by atoms with Crippen molar-refractivity contribution in [2.75, 3.05) is 13.2 Å². The molecule has 0 spiro atoms. The molecule has 0 N–H and O–H groups in total. The van der Waals surface area contributed by atoms with Crippen LogP contribution in [0.25, 0.3) is 0 Å². The lowest BCUT2D eigenvalue weighted by molar-refractivity contribution is -0.140. The second-order valence-electron chi connectivity index (χ2n) is 4.06. The fourth-order valence-corrected chi connectivity index (χ4v) is 2.16. The van der Waals surface area contributed by atoms with Crippen LogP contribution in [0.3, 0.4) is 0 Å². The quantitative estimate of drug-likeness (QED) is 0.715. The zero-order valence-corrected chi connectivity index (χ0v) is 10.6. The van der Waals surface area contributed by atoms with Crippen molar-refractivity contribution in [2.45, 2.75) is 26.7 Å². The molecule has 0 heterocycles. The van der Waals surface area contributed by atoms with E-state index < -0.39 is 0 Å². The first-order valence-electron chi connectivity index (χ1n) is 6.18. The van der Waals surface area contributed by atoms with E-state index in [1.54, 1.807) is 13.8 Å². The highest BCUT2D eigenvalue weighted by atomic mass is 16.5. The number of rotatable bonds is 4. The van der Waals surface area contributed by atoms with Gasteiger partial charge in [-0.3, -0.25) is 0 Å². The van der Waals surface area contributed by atoms with Gasteiger partial charge in [-0.2, -0.15) is 0 Å². The van der Waals surface area contributed by atoms with Gasteiger partial charge in [-0.1, -0.05) is 12.2 Å². The highest BCUT2D eigenvalue weighted by molar-refractivity contribution is 5.98. The molecule has 2 aliphatic rings. The third kappa shape index (κ3) is 2.10. The Labute approximate surface area is 106 Å². The van der Waals surface area contributed by atoms with Gasteiger partial charge in [-0.25, -0.2) is 9.59 Å². The van der Waals surface area contributed by atoms with Crippen LogP contribution < -0.4 is 0 Å². The van der Waals surface area contributed by atoms with Crippen molar-refractivity contribution in [3.8, 4) is 0 Å². The summed E-state index contributed by atoms with van der Waals surface area (Å²) in [5, 5.41) is 0. The molecule has 4 heteroatoms. The summed E-state index contributed by atoms with van der Waals surface area (Å²) < 4.78 is 10.0. The topological polar surface area (TPSA) is 52.6 Å². The Morgan fingerprint density at radius 3 is 1.61 bits per heavy atom. The van der Waals surface area contributed by atoms with Crippen LogP contribution in [-0.2, 0) is 19.1 Å². The summed E-state index contributed by atoms with van der Waals surface area (Å²) in [6, 6.07) is 0. The van der Waals surface area contributed by atoms with E-state index >= 15 is 0 Å². The van der Waals surface area contributed by atoms with Crippen molar-refractivity contribution in [1.82, 2.24) is 0 Å². The normalized spacial score (nSPS) is 17.2. The summed E-state index contributed by atoms with van der Waals surface area (Å²) in [5.74, 6) is -0.561. The lowest BCUT2D eigenvalue weighted by Gasteiger charge is -2.26. The van der Waals surface area contributed by atoms with Gasteiger partial charge in [0, 0.05) is 11.1 Å². The molecule has 96 valence electrons. The number of ether oxygens (including phenoxy) is 2. The Hall–Kier alpha value is -1.84. The van der Waals surface area contributed by atoms with Crippen molar-refractivity contribution in [3.05, 3.63) is 34.4 Å². The van der Waals surface area contributed by atoms with Gasteiger partial charge in [-0.05, 0) is 37.8 Å². The molecule has 0 aromatic carbocycles. The first kappa shape index (κ1) is 12.6. The summed E-state index contributed by atoms with van der Waals surface area (Å²) in [5.41, 5.74) is 3.01. The van der Waals surface area contributed by atoms with Crippen LogP contribution in [0.2, 0.25) is 0 Å². The Balaban J connectivity index is 2.27. The molecule has 0 saturated heterocycles. The maximum absolute atomic E-state index is 11.7. The molecule has 0 aliphatic heterocycles. The molecule has 0 radical (unpaired) electrons. The average molecular weight is 248 g/mol. The van der Waals surface area contributed by atoms with Crippen LogP contribution in [0, 0.1) is 0 Å². The molecule has 0 aromatic rings. The fraction of sp³-hybridized carbons (Fsp3) is 0.429. The van der Waals surface area contributed by atoms with E-state index in [1.807, 2.05) is 12.2 Å². The predicted molar refractivity (Wildman–Crippen MR) is 65.7 cm³/mol. The third-order valence-electron chi connectivity index (χ3n) is 3.03. The first-order valence-corrected chi connectivity index (χ1v) is 6.18. The number of carbonyl (C=O) groups is 2. The van der Waals surface area contributed by atoms with E-state index in [9.17, 15) is 9.59 Å². The van der Waals surface area contributed by atoms with Crippen molar-refractivity contribution in [2.24, 2.45) is 0 Å². The monoisotopic (exact) mass is 248 g/mol. The Kier molecular flexibility index (Phi) is 3.65. The van der Waals surface area contributed by atoms with Crippen molar-refractivity contribution < 1.29 is 19.1 Å². The van der Waals surface area contributed by atoms with E-state index in [0.29, 0.717) is 37.2 Å². The molecule has 2 aliphatic carbocycles. The maximum Gasteiger partial charge on any atom is 0.334 e.